The number of fused-ring (bicyclic) bond motifs is 3. The average Bonchev–Trinajstić information content (AvgIpc) is 3.57. The molecule has 7 aliphatic carbocycles. The number of Topliss-reactive ketones (excluding diaryl/α,β-unsaturated/α-hetero) is 1. The topological polar surface area (TPSA) is 113 Å². The highest BCUT2D eigenvalue weighted by Crippen LogP contribution is 2.78. The van der Waals surface area contributed by atoms with Gasteiger partial charge in [0.15, 0.2) is 11.4 Å². The Kier molecular flexibility index (Phi) is 8.66. The molecular formula is C44H57ClFNO7. The summed E-state index contributed by atoms with van der Waals surface area (Å²) in [4.78, 5) is 44.8. The number of ketones is 1. The number of esters is 1. The number of allylic oxidation sites excluding steroid dienone is 4. The van der Waals surface area contributed by atoms with Gasteiger partial charge in [0.2, 0.25) is 0 Å². The highest BCUT2D eigenvalue weighted by atomic mass is 35.5. The number of carbonyl (C=O) groups is 3. The number of methoxy groups -OCH3 is 1. The van der Waals surface area contributed by atoms with Crippen molar-refractivity contribution in [3.8, 4) is 0 Å². The molecule has 2 spiro atoms. The molecular weight excluding hydrogens is 709 g/mol. The van der Waals surface area contributed by atoms with E-state index in [0.29, 0.717) is 70.1 Å². The van der Waals surface area contributed by atoms with Crippen LogP contribution in [0.4, 0.5) is 4.39 Å². The Hall–Kier alpha value is -2.59. The van der Waals surface area contributed by atoms with Crippen LogP contribution in [0.25, 0.3) is 0 Å². The van der Waals surface area contributed by atoms with Crippen LogP contribution < -0.4 is 0 Å². The fourth-order valence-corrected chi connectivity index (χ4v) is 13.8. The number of benzene rings is 1. The zero-order valence-electron chi connectivity index (χ0n) is 32.7. The third-order valence-corrected chi connectivity index (χ3v) is 17.7. The molecule has 4 bridgehead atoms. The van der Waals surface area contributed by atoms with Crippen LogP contribution in [0.2, 0.25) is 5.02 Å². The van der Waals surface area contributed by atoms with E-state index in [1.54, 1.807) is 18.1 Å². The van der Waals surface area contributed by atoms with Crippen molar-refractivity contribution < 1.29 is 38.5 Å². The van der Waals surface area contributed by atoms with Crippen LogP contribution in [-0.2, 0) is 30.3 Å². The van der Waals surface area contributed by atoms with E-state index in [0.717, 1.165) is 12.8 Å². The van der Waals surface area contributed by atoms with Crippen LogP contribution in [0.3, 0.4) is 0 Å². The third-order valence-electron chi connectivity index (χ3n) is 17.4. The standard InChI is InChI=1S/C44H57ClFNO7/c1-37(2)40(5)17-20-44(37,54-36(40)51)35(50)47(21-8-22-53-6)26-42(52)16-13-34-39(42,4)15-12-33-38(3)14-11-27(48)24-41(38)18-19-43(33,34)29(25-41)32(49)23-28-30(45)9-7-10-31(28)46/h7,9-10,18-19,25,27,33-34,48,52H,8,11-17,20-24,26H2,1-6H3. The van der Waals surface area contributed by atoms with Crippen molar-refractivity contribution in [2.75, 3.05) is 26.8 Å². The number of aliphatic hydroxyl groups is 2. The minimum Gasteiger partial charge on any atom is -0.448 e. The first-order chi connectivity index (χ1) is 25.3. The average molecular weight is 766 g/mol. The molecule has 1 aliphatic heterocycles. The number of ether oxygens (including phenoxy) is 2. The lowest BCUT2D eigenvalue weighted by atomic mass is 9.32. The first-order valence-electron chi connectivity index (χ1n) is 20.1. The molecule has 1 heterocycles. The van der Waals surface area contributed by atoms with E-state index in [-0.39, 0.29) is 58.5 Å². The van der Waals surface area contributed by atoms with E-state index in [2.05, 4.69) is 32.1 Å². The minimum absolute atomic E-state index is 0.0659. The number of halogens is 2. The molecule has 10 heteroatoms. The SMILES string of the molecule is COCCCN(CC1(O)CCC2C34C=CC5(C=C3C(=O)Cc3c(F)cccc3Cl)CC(O)CCC5(C)C4CCC21C)C(=O)C12CCC(C)(C(=O)O1)C2(C)C. The van der Waals surface area contributed by atoms with Gasteiger partial charge in [-0.15, -0.1) is 0 Å². The number of carbonyl (C=O) groups excluding carboxylic acids is 3. The molecule has 4 saturated carbocycles. The molecule has 1 saturated heterocycles. The summed E-state index contributed by atoms with van der Waals surface area (Å²) in [5.74, 6) is -1.37. The summed E-state index contributed by atoms with van der Waals surface area (Å²) in [6, 6.07) is 4.48. The van der Waals surface area contributed by atoms with Gasteiger partial charge in [-0.3, -0.25) is 14.4 Å². The zero-order valence-corrected chi connectivity index (χ0v) is 33.5. The Morgan fingerprint density at radius 2 is 1.70 bits per heavy atom. The lowest BCUT2D eigenvalue weighted by Crippen LogP contribution is -2.68. The highest BCUT2D eigenvalue weighted by Gasteiger charge is 2.78. The second kappa shape index (κ2) is 12.2. The number of hydrogen-bond acceptors (Lipinski definition) is 7. The Bertz CT molecular complexity index is 1840. The van der Waals surface area contributed by atoms with E-state index < -0.39 is 50.2 Å². The van der Waals surface area contributed by atoms with Gasteiger partial charge in [-0.1, -0.05) is 63.6 Å². The molecule has 8 nitrogen and oxygen atoms in total. The first-order valence-corrected chi connectivity index (χ1v) is 20.5. The number of aliphatic hydroxyl groups excluding tert-OH is 1. The van der Waals surface area contributed by atoms with Crippen LogP contribution in [-0.4, -0.2) is 76.9 Å². The van der Waals surface area contributed by atoms with E-state index in [1.165, 1.54) is 12.1 Å². The normalized spacial score (nSPS) is 43.6. The molecule has 9 rings (SSSR count). The molecule has 2 N–H and O–H groups in total. The third kappa shape index (κ3) is 4.61. The van der Waals surface area contributed by atoms with Crippen LogP contribution in [0.5, 0.6) is 0 Å². The lowest BCUT2D eigenvalue weighted by molar-refractivity contribution is -0.188. The molecule has 1 amide bonds. The van der Waals surface area contributed by atoms with Crippen molar-refractivity contribution in [1.29, 1.82) is 0 Å². The summed E-state index contributed by atoms with van der Waals surface area (Å²) in [6.45, 7) is 11.1. The summed E-state index contributed by atoms with van der Waals surface area (Å²) >= 11 is 6.49. The fraction of sp³-hybridized carbons (Fsp3) is 0.705. The van der Waals surface area contributed by atoms with E-state index in [4.69, 9.17) is 21.1 Å². The Balaban J connectivity index is 1.19. The predicted octanol–water partition coefficient (Wildman–Crippen LogP) is 7.17. The lowest BCUT2D eigenvalue weighted by Gasteiger charge is -2.71. The van der Waals surface area contributed by atoms with Crippen molar-refractivity contribution in [2.24, 2.45) is 44.3 Å². The molecule has 5 fully saturated rings. The number of rotatable bonds is 10. The predicted molar refractivity (Wildman–Crippen MR) is 202 cm³/mol. The number of nitrogens with zero attached hydrogens (tertiary/aromatic N) is 1. The van der Waals surface area contributed by atoms with Crippen molar-refractivity contribution in [1.82, 2.24) is 4.90 Å². The first kappa shape index (κ1) is 38.3. The van der Waals surface area contributed by atoms with Gasteiger partial charge in [0, 0.05) is 64.5 Å². The monoisotopic (exact) mass is 765 g/mol. The van der Waals surface area contributed by atoms with Gasteiger partial charge in [-0.05, 0) is 101 Å². The molecule has 1 aromatic rings. The summed E-state index contributed by atoms with van der Waals surface area (Å²) < 4.78 is 26.7. The molecule has 10 unspecified atom stereocenters. The largest absolute Gasteiger partial charge is 0.448 e. The van der Waals surface area contributed by atoms with Gasteiger partial charge in [0.05, 0.1) is 23.7 Å². The van der Waals surface area contributed by atoms with Crippen LogP contribution >= 0.6 is 11.6 Å². The van der Waals surface area contributed by atoms with Crippen molar-refractivity contribution in [3.63, 3.8) is 0 Å². The minimum atomic E-state index is -1.31. The molecule has 54 heavy (non-hydrogen) atoms. The molecule has 294 valence electrons. The van der Waals surface area contributed by atoms with Crippen molar-refractivity contribution in [2.45, 2.75) is 123 Å². The van der Waals surface area contributed by atoms with E-state index in [9.17, 15) is 24.6 Å². The maximum Gasteiger partial charge on any atom is 0.313 e. The van der Waals surface area contributed by atoms with Gasteiger partial charge in [-0.25, -0.2) is 4.39 Å². The molecule has 10 atom stereocenters. The van der Waals surface area contributed by atoms with Crippen molar-refractivity contribution in [3.05, 3.63) is 58.4 Å². The van der Waals surface area contributed by atoms with Crippen LogP contribution in [0.15, 0.2) is 42.0 Å². The zero-order chi connectivity index (χ0) is 38.9. The van der Waals surface area contributed by atoms with Crippen LogP contribution in [0.1, 0.15) is 104 Å². The van der Waals surface area contributed by atoms with Crippen molar-refractivity contribution >= 4 is 29.3 Å². The highest BCUT2D eigenvalue weighted by molar-refractivity contribution is 6.31. The van der Waals surface area contributed by atoms with Gasteiger partial charge in [0.25, 0.3) is 5.91 Å². The molecule has 1 aromatic carbocycles. The Morgan fingerprint density at radius 1 is 1.00 bits per heavy atom. The maximum absolute atomic E-state index is 15.2. The molecule has 0 aromatic heterocycles. The Labute approximate surface area is 323 Å². The quantitative estimate of drug-likeness (QED) is 0.148. The fourth-order valence-electron chi connectivity index (χ4n) is 13.6. The van der Waals surface area contributed by atoms with Gasteiger partial charge in [0.1, 0.15) is 5.82 Å². The molecule has 8 aliphatic rings. The smallest absolute Gasteiger partial charge is 0.313 e. The number of hydrogen-bond donors (Lipinski definition) is 2. The van der Waals surface area contributed by atoms with Gasteiger partial charge >= 0.3 is 5.97 Å². The van der Waals surface area contributed by atoms with Gasteiger partial charge in [-0.2, -0.15) is 0 Å². The van der Waals surface area contributed by atoms with Crippen LogP contribution in [0, 0.1) is 50.1 Å². The van der Waals surface area contributed by atoms with Gasteiger partial charge < -0.3 is 24.6 Å². The van der Waals surface area contributed by atoms with E-state index >= 15 is 4.39 Å². The summed E-state index contributed by atoms with van der Waals surface area (Å²) in [7, 11) is 1.62. The summed E-state index contributed by atoms with van der Waals surface area (Å²) in [5, 5.41) is 24.4. The summed E-state index contributed by atoms with van der Waals surface area (Å²) in [5.41, 5.74) is -5.47. The second-order valence-electron chi connectivity index (χ2n) is 19.4. The Morgan fingerprint density at radius 3 is 2.37 bits per heavy atom. The maximum atomic E-state index is 15.2. The summed E-state index contributed by atoms with van der Waals surface area (Å²) in [6.07, 6.45) is 12.0. The van der Waals surface area contributed by atoms with E-state index in [1.807, 2.05) is 20.8 Å². The second-order valence-corrected chi connectivity index (χ2v) is 19.8. The molecule has 0 radical (unpaired) electrons. The number of amides is 1.